The van der Waals surface area contributed by atoms with E-state index in [0.717, 1.165) is 16.6 Å². The number of hydrogen-bond acceptors (Lipinski definition) is 8. The molecule has 1 amide bonds. The molecule has 3 aromatic rings. The van der Waals surface area contributed by atoms with E-state index in [4.69, 9.17) is 22.1 Å². The number of aromatic amines is 1. The van der Waals surface area contributed by atoms with E-state index < -0.39 is 11.2 Å². The number of thiazole rings is 1. The lowest BCUT2D eigenvalue weighted by atomic mass is 10.3. The van der Waals surface area contributed by atoms with E-state index in [-0.39, 0.29) is 36.3 Å². The first-order valence-corrected chi connectivity index (χ1v) is 12.1. The van der Waals surface area contributed by atoms with Gasteiger partial charge in [-0.05, 0) is 24.6 Å². The van der Waals surface area contributed by atoms with Crippen LogP contribution in [0.4, 0.5) is 11.5 Å². The second-order valence-electron chi connectivity index (χ2n) is 6.92. The van der Waals surface area contributed by atoms with Gasteiger partial charge in [0.1, 0.15) is 5.82 Å². The van der Waals surface area contributed by atoms with Crippen molar-refractivity contribution in [1.82, 2.24) is 14.5 Å². The Hall–Kier alpha value is -2.34. The predicted molar refractivity (Wildman–Crippen MR) is 130 cm³/mol. The van der Waals surface area contributed by atoms with Crippen LogP contribution in [0.25, 0.3) is 10.2 Å². The number of nitrogens with zero attached hydrogens (tertiary/aromatic N) is 3. The summed E-state index contributed by atoms with van der Waals surface area (Å²) in [7, 11) is 1.50. The summed E-state index contributed by atoms with van der Waals surface area (Å²) >= 11 is 8.73. The normalized spacial score (nSPS) is 11.2. The smallest absolute Gasteiger partial charge is 0.330 e. The maximum absolute atomic E-state index is 13.1. The number of carbonyl (C=O) groups excluding carboxylic acids is 1. The molecule has 1 aromatic carbocycles. The van der Waals surface area contributed by atoms with Crippen LogP contribution in [0.3, 0.4) is 0 Å². The lowest BCUT2D eigenvalue weighted by molar-refractivity contribution is -0.116. The van der Waals surface area contributed by atoms with E-state index in [2.05, 4.69) is 9.97 Å². The molecule has 0 atom stereocenters. The lowest BCUT2D eigenvalue weighted by Gasteiger charge is -2.24. The number of rotatable bonds is 10. The standard InChI is InChI=1S/C20H24ClN5O4S2/c1-3-4-7-26-17(22)16(18(28)24-19(26)29)25(8-9-30-2)15(27)11-31-20-23-13-10-12(21)5-6-14(13)32-20/h5-6,10H,3-4,7-9,11,22H2,1-2H3,(H,24,28,29). The van der Waals surface area contributed by atoms with Crippen LogP contribution in [0.2, 0.25) is 5.02 Å². The third kappa shape index (κ3) is 5.52. The van der Waals surface area contributed by atoms with Crippen LogP contribution in [-0.4, -0.2) is 46.5 Å². The fourth-order valence-corrected chi connectivity index (χ4v) is 5.15. The Balaban J connectivity index is 1.87. The van der Waals surface area contributed by atoms with Crippen LogP contribution in [0, 0.1) is 0 Å². The minimum Gasteiger partial charge on any atom is -0.383 e. The molecule has 0 saturated heterocycles. The van der Waals surface area contributed by atoms with Crippen LogP contribution in [0.5, 0.6) is 0 Å². The average Bonchev–Trinajstić information content (AvgIpc) is 3.16. The van der Waals surface area contributed by atoms with Gasteiger partial charge in [0, 0.05) is 25.2 Å². The molecule has 0 bridgehead atoms. The highest BCUT2D eigenvalue weighted by molar-refractivity contribution is 8.01. The number of nitrogens with two attached hydrogens (primary N) is 1. The van der Waals surface area contributed by atoms with Crippen molar-refractivity contribution in [1.29, 1.82) is 0 Å². The zero-order valence-electron chi connectivity index (χ0n) is 17.7. The van der Waals surface area contributed by atoms with Crippen molar-refractivity contribution in [2.24, 2.45) is 0 Å². The molecular formula is C20H24ClN5O4S2. The van der Waals surface area contributed by atoms with Gasteiger partial charge < -0.3 is 15.4 Å². The minimum atomic E-state index is -0.704. The molecule has 0 aliphatic rings. The number of carbonyl (C=O) groups is 1. The van der Waals surface area contributed by atoms with Crippen LogP contribution in [0.1, 0.15) is 19.8 Å². The molecule has 2 aromatic heterocycles. The van der Waals surface area contributed by atoms with Crippen LogP contribution in [-0.2, 0) is 16.1 Å². The number of fused-ring (bicyclic) bond motifs is 1. The number of thioether (sulfide) groups is 1. The molecule has 0 aliphatic carbocycles. The van der Waals surface area contributed by atoms with Gasteiger partial charge in [0.15, 0.2) is 10.0 Å². The summed E-state index contributed by atoms with van der Waals surface area (Å²) in [5.41, 5.74) is 5.61. The maximum Gasteiger partial charge on any atom is 0.330 e. The van der Waals surface area contributed by atoms with E-state index in [1.807, 2.05) is 13.0 Å². The van der Waals surface area contributed by atoms with Gasteiger partial charge in [-0.25, -0.2) is 9.78 Å². The number of anilines is 2. The maximum atomic E-state index is 13.1. The van der Waals surface area contributed by atoms with E-state index >= 15 is 0 Å². The first kappa shape index (κ1) is 24.3. The number of halogens is 1. The Morgan fingerprint density at radius 1 is 1.41 bits per heavy atom. The number of nitrogens with one attached hydrogen (secondary N) is 1. The zero-order chi connectivity index (χ0) is 23.3. The fourth-order valence-electron chi connectivity index (χ4n) is 3.06. The molecule has 0 radical (unpaired) electrons. The largest absolute Gasteiger partial charge is 0.383 e. The summed E-state index contributed by atoms with van der Waals surface area (Å²) in [6.07, 6.45) is 1.55. The molecule has 0 fully saturated rings. The Labute approximate surface area is 197 Å². The first-order chi connectivity index (χ1) is 15.3. The second kappa shape index (κ2) is 11.0. The highest BCUT2D eigenvalue weighted by Gasteiger charge is 2.24. The van der Waals surface area contributed by atoms with E-state index in [0.29, 0.717) is 22.3 Å². The van der Waals surface area contributed by atoms with Gasteiger partial charge in [-0.2, -0.15) is 0 Å². The average molecular weight is 498 g/mol. The molecule has 9 nitrogen and oxygen atoms in total. The van der Waals surface area contributed by atoms with Crippen molar-refractivity contribution in [2.75, 3.05) is 36.6 Å². The number of aromatic nitrogens is 3. The van der Waals surface area contributed by atoms with Crippen molar-refractivity contribution in [3.63, 3.8) is 0 Å². The summed E-state index contributed by atoms with van der Waals surface area (Å²) in [6.45, 7) is 2.64. The van der Waals surface area contributed by atoms with Gasteiger partial charge in [-0.3, -0.25) is 19.1 Å². The molecular weight excluding hydrogens is 474 g/mol. The third-order valence-electron chi connectivity index (χ3n) is 4.69. The molecule has 0 spiro atoms. The number of unbranched alkanes of at least 4 members (excludes halogenated alkanes) is 1. The highest BCUT2D eigenvalue weighted by atomic mass is 35.5. The Bertz CT molecular complexity index is 1220. The number of H-pyrrole nitrogens is 1. The van der Waals surface area contributed by atoms with E-state index in [9.17, 15) is 14.4 Å². The second-order valence-corrected chi connectivity index (χ2v) is 9.61. The first-order valence-electron chi connectivity index (χ1n) is 9.96. The minimum absolute atomic E-state index is 0.0312. The van der Waals surface area contributed by atoms with Crippen molar-refractivity contribution < 1.29 is 9.53 Å². The number of benzene rings is 1. The van der Waals surface area contributed by atoms with E-state index in [1.54, 1.807) is 12.1 Å². The quantitative estimate of drug-likeness (QED) is 0.413. The van der Waals surface area contributed by atoms with Gasteiger partial charge in [0.05, 0.1) is 22.6 Å². The Morgan fingerprint density at radius 2 is 2.19 bits per heavy atom. The van der Waals surface area contributed by atoms with E-state index in [1.165, 1.54) is 39.7 Å². The summed E-state index contributed by atoms with van der Waals surface area (Å²) in [4.78, 5) is 46.0. The zero-order valence-corrected chi connectivity index (χ0v) is 20.1. The van der Waals surface area contributed by atoms with Gasteiger partial charge in [0.25, 0.3) is 5.56 Å². The molecule has 0 saturated carbocycles. The number of methoxy groups -OCH3 is 1. The highest BCUT2D eigenvalue weighted by Crippen LogP contribution is 2.31. The molecule has 12 heteroatoms. The fraction of sp³-hybridized carbons (Fsp3) is 0.400. The number of amides is 1. The SMILES string of the molecule is CCCCn1c(N)c(N(CCOC)C(=O)CSc2nc3cc(Cl)ccc3s2)c(=O)[nH]c1=O. The van der Waals surface area contributed by atoms with Gasteiger partial charge in [-0.1, -0.05) is 36.7 Å². The van der Waals surface area contributed by atoms with Gasteiger partial charge in [-0.15, -0.1) is 11.3 Å². The molecule has 3 N–H and O–H groups in total. The monoisotopic (exact) mass is 497 g/mol. The number of ether oxygens (including phenoxy) is 1. The molecule has 2 heterocycles. The summed E-state index contributed by atoms with van der Waals surface area (Å²) in [5.74, 6) is -0.344. The van der Waals surface area contributed by atoms with Crippen LogP contribution in [0.15, 0.2) is 32.1 Å². The Morgan fingerprint density at radius 3 is 2.91 bits per heavy atom. The van der Waals surface area contributed by atoms with Gasteiger partial charge in [0.2, 0.25) is 5.91 Å². The molecule has 172 valence electrons. The summed E-state index contributed by atoms with van der Waals surface area (Å²) in [5, 5.41) is 0.592. The topological polar surface area (TPSA) is 123 Å². The molecule has 0 aliphatic heterocycles. The lowest BCUT2D eigenvalue weighted by Crippen LogP contribution is -2.43. The number of hydrogen-bond donors (Lipinski definition) is 2. The summed E-state index contributed by atoms with van der Waals surface area (Å²) in [6, 6.07) is 5.44. The van der Waals surface area contributed by atoms with Crippen LogP contribution >= 0.6 is 34.7 Å². The summed E-state index contributed by atoms with van der Waals surface area (Å²) < 4.78 is 8.07. The van der Waals surface area contributed by atoms with Crippen molar-refractivity contribution >= 4 is 62.3 Å². The van der Waals surface area contributed by atoms with Gasteiger partial charge >= 0.3 is 5.69 Å². The van der Waals surface area contributed by atoms with Crippen molar-refractivity contribution in [3.8, 4) is 0 Å². The van der Waals surface area contributed by atoms with Crippen LogP contribution < -0.4 is 21.9 Å². The predicted octanol–water partition coefficient (Wildman–Crippen LogP) is 2.95. The van der Waals surface area contributed by atoms with Crippen molar-refractivity contribution in [2.45, 2.75) is 30.6 Å². The Kier molecular flexibility index (Phi) is 8.35. The molecule has 32 heavy (non-hydrogen) atoms. The molecule has 0 unspecified atom stereocenters. The third-order valence-corrected chi connectivity index (χ3v) is 7.09. The molecule has 3 rings (SSSR count). The number of nitrogen functional groups attached to an aromatic ring is 1. The van der Waals surface area contributed by atoms with Crippen molar-refractivity contribution in [3.05, 3.63) is 44.1 Å².